The smallest absolute Gasteiger partial charge is 0.185 e. The first-order chi connectivity index (χ1) is 10.1. The number of ketones is 1. The van der Waals surface area contributed by atoms with E-state index in [-0.39, 0.29) is 10.6 Å². The summed E-state index contributed by atoms with van der Waals surface area (Å²) in [5.41, 5.74) is 0.620. The molecule has 0 aliphatic carbocycles. The molecule has 0 aromatic heterocycles. The van der Waals surface area contributed by atoms with Gasteiger partial charge in [-0.05, 0) is 35.9 Å². The number of benzene rings is 2. The van der Waals surface area contributed by atoms with E-state index >= 15 is 0 Å². The average molecular weight is 304 g/mol. The standard InChI is InChI=1S/C16H11ClFNO2/c1-21-12-4-2-3-10(7-12)14(9-19)16(20)13-6-5-11(18)8-15(13)17/h2-8,14H,1H3. The third-order valence-electron chi connectivity index (χ3n) is 3.02. The number of hydrogen-bond donors (Lipinski definition) is 0. The van der Waals surface area contributed by atoms with Crippen LogP contribution < -0.4 is 4.74 Å². The molecule has 0 saturated heterocycles. The Hall–Kier alpha value is -2.38. The molecule has 21 heavy (non-hydrogen) atoms. The van der Waals surface area contributed by atoms with Gasteiger partial charge in [-0.2, -0.15) is 5.26 Å². The van der Waals surface area contributed by atoms with Gasteiger partial charge in [0.1, 0.15) is 17.5 Å². The van der Waals surface area contributed by atoms with E-state index in [2.05, 4.69) is 0 Å². The van der Waals surface area contributed by atoms with Gasteiger partial charge < -0.3 is 4.74 Å². The van der Waals surface area contributed by atoms with Gasteiger partial charge in [-0.1, -0.05) is 23.7 Å². The second-order valence-corrected chi connectivity index (χ2v) is 4.73. The Bertz CT molecular complexity index is 724. The van der Waals surface area contributed by atoms with Gasteiger partial charge in [-0.3, -0.25) is 4.79 Å². The van der Waals surface area contributed by atoms with E-state index in [4.69, 9.17) is 16.3 Å². The van der Waals surface area contributed by atoms with Crippen molar-refractivity contribution in [3.63, 3.8) is 0 Å². The maximum absolute atomic E-state index is 13.0. The summed E-state index contributed by atoms with van der Waals surface area (Å²) in [6, 6.07) is 12.1. The lowest BCUT2D eigenvalue weighted by molar-refractivity contribution is 0.0979. The SMILES string of the molecule is COc1cccc(C(C#N)C(=O)c2ccc(F)cc2Cl)c1. The summed E-state index contributed by atoms with van der Waals surface area (Å²) in [7, 11) is 1.50. The summed E-state index contributed by atoms with van der Waals surface area (Å²) in [5.74, 6) is -1.49. The van der Waals surface area contributed by atoms with Gasteiger partial charge in [0.05, 0.1) is 18.2 Å². The summed E-state index contributed by atoms with van der Waals surface area (Å²) >= 11 is 5.88. The molecule has 0 amide bonds. The fraction of sp³-hybridized carbons (Fsp3) is 0.125. The number of nitriles is 1. The zero-order chi connectivity index (χ0) is 15.4. The van der Waals surface area contributed by atoms with Crippen LogP contribution >= 0.6 is 11.6 Å². The zero-order valence-electron chi connectivity index (χ0n) is 11.1. The molecule has 0 bridgehead atoms. The van der Waals surface area contributed by atoms with Gasteiger partial charge in [0.2, 0.25) is 0 Å². The van der Waals surface area contributed by atoms with E-state index in [1.165, 1.54) is 13.2 Å². The number of hydrogen-bond acceptors (Lipinski definition) is 3. The highest BCUT2D eigenvalue weighted by atomic mass is 35.5. The third-order valence-corrected chi connectivity index (χ3v) is 3.33. The molecule has 2 aromatic rings. The molecule has 0 fully saturated rings. The van der Waals surface area contributed by atoms with Crippen LogP contribution in [0.3, 0.4) is 0 Å². The van der Waals surface area contributed by atoms with Gasteiger partial charge in [0, 0.05) is 5.56 Å². The number of Topliss-reactive ketones (excluding diaryl/α,β-unsaturated/α-hetero) is 1. The van der Waals surface area contributed by atoms with Crippen LogP contribution in [-0.4, -0.2) is 12.9 Å². The van der Waals surface area contributed by atoms with Crippen molar-refractivity contribution >= 4 is 17.4 Å². The van der Waals surface area contributed by atoms with Crippen LogP contribution in [0.15, 0.2) is 42.5 Å². The largest absolute Gasteiger partial charge is 0.497 e. The first-order valence-corrected chi connectivity index (χ1v) is 6.47. The molecular formula is C16H11ClFNO2. The molecule has 1 atom stereocenters. The number of halogens is 2. The van der Waals surface area contributed by atoms with E-state index in [1.807, 2.05) is 6.07 Å². The van der Waals surface area contributed by atoms with Crippen molar-refractivity contribution in [1.29, 1.82) is 5.26 Å². The first kappa shape index (κ1) is 15.0. The molecule has 0 aliphatic heterocycles. The molecule has 2 rings (SSSR count). The number of carbonyl (C=O) groups is 1. The van der Waals surface area contributed by atoms with Crippen molar-refractivity contribution in [1.82, 2.24) is 0 Å². The maximum Gasteiger partial charge on any atom is 0.185 e. The Balaban J connectivity index is 2.41. The minimum absolute atomic E-state index is 0.0110. The molecule has 0 radical (unpaired) electrons. The Morgan fingerprint density at radius 2 is 2.10 bits per heavy atom. The van der Waals surface area contributed by atoms with E-state index in [1.54, 1.807) is 24.3 Å². The van der Waals surface area contributed by atoms with Gasteiger partial charge in [0.25, 0.3) is 0 Å². The highest BCUT2D eigenvalue weighted by Gasteiger charge is 2.24. The normalized spacial score (nSPS) is 11.5. The molecular weight excluding hydrogens is 293 g/mol. The lowest BCUT2D eigenvalue weighted by Crippen LogP contribution is -2.12. The van der Waals surface area contributed by atoms with Crippen LogP contribution in [0.1, 0.15) is 21.8 Å². The van der Waals surface area contributed by atoms with Gasteiger partial charge in [-0.25, -0.2) is 4.39 Å². The van der Waals surface area contributed by atoms with Crippen LogP contribution in [0.4, 0.5) is 4.39 Å². The van der Waals surface area contributed by atoms with Crippen LogP contribution in [0.25, 0.3) is 0 Å². The predicted octanol–water partition coefficient (Wildman–Crippen LogP) is 3.98. The van der Waals surface area contributed by atoms with E-state index in [9.17, 15) is 14.4 Å². The fourth-order valence-electron chi connectivity index (χ4n) is 1.95. The minimum Gasteiger partial charge on any atom is -0.497 e. The third kappa shape index (κ3) is 3.21. The van der Waals surface area contributed by atoms with E-state index in [0.717, 1.165) is 12.1 Å². The number of carbonyl (C=O) groups excluding carboxylic acids is 1. The second-order valence-electron chi connectivity index (χ2n) is 4.33. The van der Waals surface area contributed by atoms with Crippen molar-refractivity contribution in [2.75, 3.05) is 7.11 Å². The Morgan fingerprint density at radius 3 is 2.71 bits per heavy atom. The van der Waals surface area contributed by atoms with Gasteiger partial charge in [-0.15, -0.1) is 0 Å². The monoisotopic (exact) mass is 303 g/mol. The molecule has 2 aromatic carbocycles. The number of methoxy groups -OCH3 is 1. The molecule has 3 nitrogen and oxygen atoms in total. The second kappa shape index (κ2) is 6.38. The molecule has 0 aliphatic rings. The Morgan fingerprint density at radius 1 is 1.33 bits per heavy atom. The fourth-order valence-corrected chi connectivity index (χ4v) is 2.21. The summed E-state index contributed by atoms with van der Waals surface area (Å²) in [6.45, 7) is 0. The molecule has 1 unspecified atom stereocenters. The van der Waals surface area contributed by atoms with Crippen LogP contribution in [0, 0.1) is 17.1 Å². The maximum atomic E-state index is 13.0. The molecule has 0 spiro atoms. The number of nitrogens with zero attached hydrogens (tertiary/aromatic N) is 1. The molecule has 0 heterocycles. The Kier molecular flexibility index (Phi) is 4.56. The van der Waals surface area contributed by atoms with Crippen molar-refractivity contribution in [2.45, 2.75) is 5.92 Å². The van der Waals surface area contributed by atoms with Crippen molar-refractivity contribution in [2.24, 2.45) is 0 Å². The summed E-state index contributed by atoms with van der Waals surface area (Å²) in [6.07, 6.45) is 0. The molecule has 5 heteroatoms. The highest BCUT2D eigenvalue weighted by Crippen LogP contribution is 2.27. The predicted molar refractivity (Wildman–Crippen MR) is 77.1 cm³/mol. The quantitative estimate of drug-likeness (QED) is 0.803. The lowest BCUT2D eigenvalue weighted by atomic mass is 9.91. The summed E-state index contributed by atoms with van der Waals surface area (Å²) in [5, 5.41) is 9.28. The summed E-state index contributed by atoms with van der Waals surface area (Å²) < 4.78 is 18.1. The average Bonchev–Trinajstić information content (AvgIpc) is 2.48. The van der Waals surface area contributed by atoms with Crippen LogP contribution in [0.5, 0.6) is 5.75 Å². The van der Waals surface area contributed by atoms with Crippen molar-refractivity contribution < 1.29 is 13.9 Å². The molecule has 0 saturated carbocycles. The van der Waals surface area contributed by atoms with Crippen LogP contribution in [0.2, 0.25) is 5.02 Å². The number of ether oxygens (including phenoxy) is 1. The van der Waals surface area contributed by atoms with E-state index < -0.39 is 17.5 Å². The number of rotatable bonds is 4. The molecule has 0 N–H and O–H groups in total. The van der Waals surface area contributed by atoms with Crippen LogP contribution in [-0.2, 0) is 0 Å². The topological polar surface area (TPSA) is 50.1 Å². The zero-order valence-corrected chi connectivity index (χ0v) is 11.9. The van der Waals surface area contributed by atoms with Gasteiger partial charge >= 0.3 is 0 Å². The summed E-state index contributed by atoms with van der Waals surface area (Å²) in [4.78, 5) is 12.4. The highest BCUT2D eigenvalue weighted by molar-refractivity contribution is 6.34. The Labute approximate surface area is 126 Å². The van der Waals surface area contributed by atoms with Gasteiger partial charge in [0.15, 0.2) is 5.78 Å². The van der Waals surface area contributed by atoms with Crippen molar-refractivity contribution in [3.8, 4) is 11.8 Å². The van der Waals surface area contributed by atoms with Crippen molar-refractivity contribution in [3.05, 3.63) is 64.4 Å². The van der Waals surface area contributed by atoms with E-state index in [0.29, 0.717) is 11.3 Å². The first-order valence-electron chi connectivity index (χ1n) is 6.09. The lowest BCUT2D eigenvalue weighted by Gasteiger charge is -2.11. The molecule has 106 valence electrons. The minimum atomic E-state index is -1.02.